The van der Waals surface area contributed by atoms with Crippen LogP contribution < -0.4 is 10.2 Å². The molecular formula is C15H14N2OS. The molecule has 0 aliphatic carbocycles. The summed E-state index contributed by atoms with van der Waals surface area (Å²) < 4.78 is 0. The lowest BCUT2D eigenvalue weighted by Gasteiger charge is -2.41. The Morgan fingerprint density at radius 2 is 2.26 bits per heavy atom. The van der Waals surface area contributed by atoms with Crippen molar-refractivity contribution >= 4 is 28.6 Å². The van der Waals surface area contributed by atoms with E-state index in [4.69, 9.17) is 0 Å². The summed E-state index contributed by atoms with van der Waals surface area (Å²) in [5.74, 6) is 0.0949. The van der Waals surface area contributed by atoms with E-state index in [0.717, 1.165) is 24.3 Å². The van der Waals surface area contributed by atoms with Gasteiger partial charge in [-0.2, -0.15) is 0 Å². The van der Waals surface area contributed by atoms with Gasteiger partial charge in [0.1, 0.15) is 6.04 Å². The Balaban J connectivity index is 1.88. The molecule has 2 aliphatic rings. The van der Waals surface area contributed by atoms with Crippen LogP contribution in [0.1, 0.15) is 22.0 Å². The quantitative estimate of drug-likeness (QED) is 0.797. The van der Waals surface area contributed by atoms with Crippen molar-refractivity contribution in [1.29, 1.82) is 0 Å². The molecule has 0 bridgehead atoms. The number of thiophene rings is 1. The van der Waals surface area contributed by atoms with Gasteiger partial charge in [-0.1, -0.05) is 6.07 Å². The van der Waals surface area contributed by atoms with E-state index in [-0.39, 0.29) is 11.9 Å². The van der Waals surface area contributed by atoms with Gasteiger partial charge in [0.05, 0.1) is 11.4 Å². The summed E-state index contributed by atoms with van der Waals surface area (Å²) in [4.78, 5) is 16.0. The number of rotatable bonds is 0. The number of aryl methyl sites for hydroxylation is 1. The molecule has 0 radical (unpaired) electrons. The maximum Gasteiger partial charge on any atom is 0.251 e. The van der Waals surface area contributed by atoms with Crippen LogP contribution in [0, 0.1) is 6.92 Å². The molecule has 1 N–H and O–H groups in total. The van der Waals surface area contributed by atoms with Crippen molar-refractivity contribution in [2.45, 2.75) is 19.4 Å². The number of nitrogens with one attached hydrogen (secondary N) is 1. The van der Waals surface area contributed by atoms with Gasteiger partial charge < -0.3 is 10.2 Å². The Morgan fingerprint density at radius 1 is 1.37 bits per heavy atom. The molecule has 0 spiro atoms. The smallest absolute Gasteiger partial charge is 0.251 e. The summed E-state index contributed by atoms with van der Waals surface area (Å²) >= 11 is 1.76. The molecule has 96 valence electrons. The number of carbonyl (C=O) groups excluding carboxylic acids is 1. The second kappa shape index (κ2) is 3.84. The molecular weight excluding hydrogens is 256 g/mol. The number of nitrogens with zero attached hydrogens (tertiary/aromatic N) is 1. The summed E-state index contributed by atoms with van der Waals surface area (Å²) in [5.41, 5.74) is 4.44. The van der Waals surface area contributed by atoms with E-state index in [1.54, 1.807) is 11.3 Å². The summed E-state index contributed by atoms with van der Waals surface area (Å²) in [5, 5.41) is 5.14. The Morgan fingerprint density at radius 3 is 3.16 bits per heavy atom. The predicted octanol–water partition coefficient (Wildman–Crippen LogP) is 3.11. The van der Waals surface area contributed by atoms with Gasteiger partial charge in [0.15, 0.2) is 0 Å². The third-order valence-corrected chi connectivity index (χ3v) is 4.93. The Hall–Kier alpha value is -1.81. The first-order chi connectivity index (χ1) is 9.24. The van der Waals surface area contributed by atoms with Crippen molar-refractivity contribution in [3.05, 3.63) is 45.6 Å². The second-order valence-electron chi connectivity index (χ2n) is 5.15. The minimum Gasteiger partial charge on any atom is -0.354 e. The minimum atomic E-state index is -0.148. The van der Waals surface area contributed by atoms with Crippen molar-refractivity contribution in [2.24, 2.45) is 0 Å². The maximum atomic E-state index is 12.4. The molecule has 2 aliphatic heterocycles. The monoisotopic (exact) mass is 270 g/mol. The van der Waals surface area contributed by atoms with Crippen molar-refractivity contribution in [2.75, 3.05) is 16.8 Å². The summed E-state index contributed by atoms with van der Waals surface area (Å²) in [7, 11) is 0. The van der Waals surface area contributed by atoms with Crippen molar-refractivity contribution in [1.82, 2.24) is 0 Å². The highest BCUT2D eigenvalue weighted by Gasteiger charge is 2.38. The molecule has 0 saturated heterocycles. The van der Waals surface area contributed by atoms with E-state index in [2.05, 4.69) is 33.8 Å². The summed E-state index contributed by atoms with van der Waals surface area (Å²) in [6.07, 6.45) is 1.03. The number of hydrogen-bond donors (Lipinski definition) is 1. The first-order valence-electron chi connectivity index (χ1n) is 6.48. The fourth-order valence-corrected chi connectivity index (χ4v) is 3.96. The number of hydrogen-bond acceptors (Lipinski definition) is 3. The van der Waals surface area contributed by atoms with Gasteiger partial charge in [0.2, 0.25) is 0 Å². The molecule has 19 heavy (non-hydrogen) atoms. The Bertz CT molecular complexity index is 677. The molecule has 1 aromatic heterocycles. The lowest BCUT2D eigenvalue weighted by molar-refractivity contribution is -0.117. The standard InChI is InChI=1S/C15H14N2OS/c1-9-2-3-12-11(8-9)16-15(18)14-10-5-7-19-13(10)4-6-17(12)14/h2-3,5,7-8,14H,4,6H2,1H3,(H,16,18). The highest BCUT2D eigenvalue weighted by Crippen LogP contribution is 2.43. The van der Waals surface area contributed by atoms with Gasteiger partial charge in [-0.15, -0.1) is 11.3 Å². The SMILES string of the molecule is Cc1ccc2c(c1)NC(=O)C1c3ccsc3CCN21. The lowest BCUT2D eigenvalue weighted by Crippen LogP contribution is -2.45. The zero-order valence-electron chi connectivity index (χ0n) is 10.6. The zero-order chi connectivity index (χ0) is 13.0. The van der Waals surface area contributed by atoms with Crippen LogP contribution in [-0.2, 0) is 11.2 Å². The van der Waals surface area contributed by atoms with Gasteiger partial charge in [0, 0.05) is 11.4 Å². The first-order valence-corrected chi connectivity index (χ1v) is 7.36. The number of carbonyl (C=O) groups is 1. The van der Waals surface area contributed by atoms with Gasteiger partial charge in [-0.3, -0.25) is 4.79 Å². The van der Waals surface area contributed by atoms with Crippen LogP contribution in [0.25, 0.3) is 0 Å². The highest BCUT2D eigenvalue weighted by molar-refractivity contribution is 7.10. The van der Waals surface area contributed by atoms with E-state index in [9.17, 15) is 4.79 Å². The summed E-state index contributed by atoms with van der Waals surface area (Å²) in [6.45, 7) is 2.97. The summed E-state index contributed by atoms with van der Waals surface area (Å²) in [6, 6.07) is 8.22. The second-order valence-corrected chi connectivity index (χ2v) is 6.16. The third kappa shape index (κ3) is 1.53. The number of benzene rings is 1. The van der Waals surface area contributed by atoms with E-state index in [0.29, 0.717) is 0 Å². The largest absolute Gasteiger partial charge is 0.354 e. The molecule has 4 rings (SSSR count). The number of fused-ring (bicyclic) bond motifs is 5. The Kier molecular flexibility index (Phi) is 2.23. The van der Waals surface area contributed by atoms with E-state index in [1.165, 1.54) is 16.0 Å². The van der Waals surface area contributed by atoms with E-state index >= 15 is 0 Å². The van der Waals surface area contributed by atoms with Crippen molar-refractivity contribution in [3.63, 3.8) is 0 Å². The number of amides is 1. The van der Waals surface area contributed by atoms with Crippen LogP contribution in [0.5, 0.6) is 0 Å². The van der Waals surface area contributed by atoms with Gasteiger partial charge in [0.25, 0.3) is 5.91 Å². The molecule has 1 aromatic carbocycles. The van der Waals surface area contributed by atoms with Gasteiger partial charge in [-0.05, 0) is 48.1 Å². The van der Waals surface area contributed by atoms with Crippen LogP contribution in [0.4, 0.5) is 11.4 Å². The molecule has 3 heterocycles. The lowest BCUT2D eigenvalue weighted by atomic mass is 9.95. The highest BCUT2D eigenvalue weighted by atomic mass is 32.1. The first kappa shape index (κ1) is 11.1. The van der Waals surface area contributed by atoms with Gasteiger partial charge >= 0.3 is 0 Å². The van der Waals surface area contributed by atoms with Crippen LogP contribution in [0.3, 0.4) is 0 Å². The van der Waals surface area contributed by atoms with E-state index in [1.807, 2.05) is 13.0 Å². The molecule has 1 unspecified atom stereocenters. The average Bonchev–Trinajstić information content (AvgIpc) is 2.86. The topological polar surface area (TPSA) is 32.3 Å². The average molecular weight is 270 g/mol. The molecule has 0 saturated carbocycles. The fraction of sp³-hybridized carbons (Fsp3) is 0.267. The van der Waals surface area contributed by atoms with Crippen molar-refractivity contribution in [3.8, 4) is 0 Å². The maximum absolute atomic E-state index is 12.4. The van der Waals surface area contributed by atoms with Crippen LogP contribution >= 0.6 is 11.3 Å². The van der Waals surface area contributed by atoms with Crippen LogP contribution in [0.2, 0.25) is 0 Å². The van der Waals surface area contributed by atoms with E-state index < -0.39 is 0 Å². The minimum absolute atomic E-state index is 0.0949. The Labute approximate surface area is 115 Å². The van der Waals surface area contributed by atoms with Crippen LogP contribution in [-0.4, -0.2) is 12.5 Å². The predicted molar refractivity (Wildman–Crippen MR) is 77.9 cm³/mol. The zero-order valence-corrected chi connectivity index (χ0v) is 11.5. The third-order valence-electron chi connectivity index (χ3n) is 3.93. The van der Waals surface area contributed by atoms with Gasteiger partial charge in [-0.25, -0.2) is 0 Å². The molecule has 1 atom stereocenters. The molecule has 1 amide bonds. The molecule has 4 heteroatoms. The van der Waals surface area contributed by atoms with Crippen molar-refractivity contribution < 1.29 is 4.79 Å². The number of anilines is 2. The molecule has 3 nitrogen and oxygen atoms in total. The fourth-order valence-electron chi connectivity index (χ4n) is 3.06. The molecule has 2 aromatic rings. The van der Waals surface area contributed by atoms with Crippen LogP contribution in [0.15, 0.2) is 29.6 Å². The normalized spacial score (nSPS) is 20.4. The molecule has 0 fully saturated rings.